The third kappa shape index (κ3) is 8.28. The van der Waals surface area contributed by atoms with Crippen molar-refractivity contribution < 1.29 is 24.2 Å². The zero-order valence-corrected chi connectivity index (χ0v) is 15.3. The Labute approximate surface area is 150 Å². The van der Waals surface area contributed by atoms with Crippen LogP contribution in [0, 0.1) is 18.3 Å². The van der Waals surface area contributed by atoms with Crippen LogP contribution in [0.25, 0.3) is 0 Å². The molecule has 2 N–H and O–H groups in total. The van der Waals surface area contributed by atoms with Gasteiger partial charge in [0.05, 0.1) is 5.01 Å². The van der Waals surface area contributed by atoms with Gasteiger partial charge >= 0.3 is 11.9 Å². The lowest BCUT2D eigenvalue weighted by Crippen LogP contribution is -2.44. The van der Waals surface area contributed by atoms with Crippen LogP contribution in [0.4, 0.5) is 0 Å². The van der Waals surface area contributed by atoms with Gasteiger partial charge in [-0.1, -0.05) is 0 Å². The minimum atomic E-state index is -1.24. The van der Waals surface area contributed by atoms with E-state index in [4.69, 9.17) is 19.8 Å². The zero-order chi connectivity index (χ0) is 19.0. The van der Waals surface area contributed by atoms with E-state index < -0.39 is 18.0 Å². The summed E-state index contributed by atoms with van der Waals surface area (Å²) in [6.45, 7) is 7.89. The predicted octanol–water partition coefficient (Wildman–Crippen LogP) is 1.64. The quantitative estimate of drug-likeness (QED) is 0.525. The van der Waals surface area contributed by atoms with Crippen molar-refractivity contribution in [3.63, 3.8) is 0 Å². The number of aromatic nitrogens is 1. The number of hydrogen-bond donors (Lipinski definition) is 2. The van der Waals surface area contributed by atoms with Gasteiger partial charge in [-0.05, 0) is 27.7 Å². The first-order valence-corrected chi connectivity index (χ1v) is 8.29. The molecule has 0 spiro atoms. The SMILES string of the molecule is Cc1nc(OC[C@H](CNC(C)(C)C)OC(=O)/C=C\C(=O)O)c(C#N)s1. The fourth-order valence-electron chi connectivity index (χ4n) is 1.65. The highest BCUT2D eigenvalue weighted by Crippen LogP contribution is 2.23. The van der Waals surface area contributed by atoms with Gasteiger partial charge in [0.25, 0.3) is 0 Å². The molecule has 0 saturated carbocycles. The van der Waals surface area contributed by atoms with E-state index >= 15 is 0 Å². The molecule has 1 aromatic rings. The number of esters is 1. The first kappa shape index (κ1) is 20.6. The first-order chi connectivity index (χ1) is 11.6. The third-order valence-electron chi connectivity index (χ3n) is 2.72. The molecule has 0 saturated heterocycles. The molecule has 1 atom stereocenters. The number of nitriles is 1. The van der Waals surface area contributed by atoms with Gasteiger partial charge in [-0.25, -0.2) is 14.6 Å². The Hall–Kier alpha value is -2.44. The molecule has 0 aliphatic carbocycles. The van der Waals surface area contributed by atoms with Gasteiger partial charge in [-0.2, -0.15) is 5.26 Å². The molecule has 0 radical (unpaired) electrons. The lowest BCUT2D eigenvalue weighted by molar-refractivity contribution is -0.145. The number of aryl methyl sites for hydroxylation is 1. The van der Waals surface area contributed by atoms with Crippen molar-refractivity contribution in [1.82, 2.24) is 10.3 Å². The number of carboxylic acids is 1. The molecule has 1 rings (SSSR count). The van der Waals surface area contributed by atoms with Crippen LogP contribution in [0.1, 0.15) is 30.7 Å². The molecular weight excluding hydrogens is 346 g/mol. The van der Waals surface area contributed by atoms with Crippen LogP contribution < -0.4 is 10.1 Å². The number of nitrogens with one attached hydrogen (secondary N) is 1. The van der Waals surface area contributed by atoms with Crippen molar-refractivity contribution in [2.75, 3.05) is 13.2 Å². The zero-order valence-electron chi connectivity index (χ0n) is 14.5. The number of ether oxygens (including phenoxy) is 2. The molecule has 0 amide bonds. The van der Waals surface area contributed by atoms with Crippen molar-refractivity contribution >= 4 is 23.3 Å². The minimum Gasteiger partial charge on any atom is -0.478 e. The summed E-state index contributed by atoms with van der Waals surface area (Å²) in [6, 6.07) is 2.00. The highest BCUT2D eigenvalue weighted by atomic mass is 32.1. The van der Waals surface area contributed by atoms with Crippen LogP contribution in [-0.4, -0.2) is 46.8 Å². The summed E-state index contributed by atoms with van der Waals surface area (Å²) in [7, 11) is 0. The fraction of sp³-hybridized carbons (Fsp3) is 0.500. The standard InChI is InChI=1S/C16H21N3O5S/c1-10-19-15(12(7-17)25-10)23-9-11(8-18-16(2,3)4)24-14(22)6-5-13(20)21/h5-6,11,18H,8-9H2,1-4H3,(H,20,21)/b6-5-/t11-/m0/s1. The molecule has 0 bridgehead atoms. The average Bonchev–Trinajstić information content (AvgIpc) is 2.87. The van der Waals surface area contributed by atoms with Gasteiger partial charge in [0.2, 0.25) is 5.88 Å². The Kier molecular flexibility index (Phi) is 7.54. The summed E-state index contributed by atoms with van der Waals surface area (Å²) >= 11 is 1.21. The molecule has 9 heteroatoms. The van der Waals surface area contributed by atoms with Crippen LogP contribution in [0.15, 0.2) is 12.2 Å². The van der Waals surface area contributed by atoms with Crippen LogP contribution in [0.5, 0.6) is 5.88 Å². The maximum absolute atomic E-state index is 11.7. The lowest BCUT2D eigenvalue weighted by atomic mass is 10.1. The smallest absolute Gasteiger partial charge is 0.331 e. The largest absolute Gasteiger partial charge is 0.478 e. The van der Waals surface area contributed by atoms with Gasteiger partial charge in [0.15, 0.2) is 4.88 Å². The molecule has 0 aromatic carbocycles. The highest BCUT2D eigenvalue weighted by Gasteiger charge is 2.20. The molecule has 0 aliphatic heterocycles. The van der Waals surface area contributed by atoms with Crippen molar-refractivity contribution in [1.29, 1.82) is 5.26 Å². The van der Waals surface area contributed by atoms with Crippen LogP contribution >= 0.6 is 11.3 Å². The first-order valence-electron chi connectivity index (χ1n) is 7.47. The third-order valence-corrected chi connectivity index (χ3v) is 3.57. The topological polar surface area (TPSA) is 122 Å². The van der Waals surface area contributed by atoms with E-state index in [-0.39, 0.29) is 18.0 Å². The second-order valence-corrected chi connectivity index (χ2v) is 7.35. The normalized spacial score (nSPS) is 12.6. The van der Waals surface area contributed by atoms with E-state index in [1.165, 1.54) is 11.3 Å². The lowest BCUT2D eigenvalue weighted by Gasteiger charge is -2.25. The molecule has 0 aliphatic rings. The van der Waals surface area contributed by atoms with Gasteiger partial charge < -0.3 is 19.9 Å². The van der Waals surface area contributed by atoms with Crippen molar-refractivity contribution in [3.8, 4) is 11.9 Å². The predicted molar refractivity (Wildman–Crippen MR) is 91.5 cm³/mol. The molecule has 0 fully saturated rings. The Morgan fingerprint density at radius 1 is 1.44 bits per heavy atom. The number of nitrogens with zero attached hydrogens (tertiary/aromatic N) is 2. The van der Waals surface area contributed by atoms with Gasteiger partial charge in [0, 0.05) is 24.2 Å². The second-order valence-electron chi connectivity index (χ2n) is 6.15. The molecule has 8 nitrogen and oxygen atoms in total. The number of thiazole rings is 1. The number of carbonyl (C=O) groups is 2. The average molecular weight is 367 g/mol. The maximum atomic E-state index is 11.7. The summed E-state index contributed by atoms with van der Waals surface area (Å²) in [4.78, 5) is 26.6. The summed E-state index contributed by atoms with van der Waals surface area (Å²) in [6.07, 6.45) is 0.855. The summed E-state index contributed by atoms with van der Waals surface area (Å²) in [5.74, 6) is -1.83. The monoisotopic (exact) mass is 367 g/mol. The Balaban J connectivity index is 2.74. The number of hydrogen-bond acceptors (Lipinski definition) is 8. The summed E-state index contributed by atoms with van der Waals surface area (Å²) in [5, 5.41) is 21.5. The molecule has 1 aromatic heterocycles. The Morgan fingerprint density at radius 2 is 2.12 bits per heavy atom. The van der Waals surface area contributed by atoms with E-state index in [0.717, 1.165) is 6.08 Å². The second kappa shape index (κ2) is 9.15. The molecule has 25 heavy (non-hydrogen) atoms. The van der Waals surface area contributed by atoms with Crippen molar-refractivity contribution in [3.05, 3.63) is 22.0 Å². The van der Waals surface area contributed by atoms with Crippen LogP contribution in [-0.2, 0) is 14.3 Å². The number of carbonyl (C=O) groups excluding carboxylic acids is 1. The number of carboxylic acid groups (broad SMARTS) is 1. The Morgan fingerprint density at radius 3 is 2.68 bits per heavy atom. The summed E-state index contributed by atoms with van der Waals surface area (Å²) < 4.78 is 10.7. The number of aliphatic carboxylic acids is 1. The molecule has 136 valence electrons. The summed E-state index contributed by atoms with van der Waals surface area (Å²) in [5.41, 5.74) is -0.212. The molecule has 0 unspecified atom stereocenters. The van der Waals surface area contributed by atoms with E-state index in [1.807, 2.05) is 26.8 Å². The molecular formula is C16H21N3O5S. The van der Waals surface area contributed by atoms with Crippen LogP contribution in [0.2, 0.25) is 0 Å². The van der Waals surface area contributed by atoms with Gasteiger partial charge in [-0.3, -0.25) is 0 Å². The van der Waals surface area contributed by atoms with E-state index in [0.29, 0.717) is 22.5 Å². The van der Waals surface area contributed by atoms with Crippen molar-refractivity contribution in [2.24, 2.45) is 0 Å². The van der Waals surface area contributed by atoms with Gasteiger partial charge in [-0.15, -0.1) is 11.3 Å². The maximum Gasteiger partial charge on any atom is 0.331 e. The van der Waals surface area contributed by atoms with Gasteiger partial charge in [0.1, 0.15) is 18.8 Å². The van der Waals surface area contributed by atoms with Crippen LogP contribution in [0.3, 0.4) is 0 Å². The van der Waals surface area contributed by atoms with E-state index in [1.54, 1.807) is 6.92 Å². The van der Waals surface area contributed by atoms with E-state index in [2.05, 4.69) is 10.3 Å². The van der Waals surface area contributed by atoms with E-state index in [9.17, 15) is 9.59 Å². The number of rotatable bonds is 8. The fourth-order valence-corrected chi connectivity index (χ4v) is 2.31. The van der Waals surface area contributed by atoms with Crippen molar-refractivity contribution in [2.45, 2.75) is 39.3 Å². The highest BCUT2D eigenvalue weighted by molar-refractivity contribution is 7.12. The molecule has 1 heterocycles. The Bertz CT molecular complexity index is 685. The minimum absolute atomic E-state index is 0.0203.